The fourth-order valence-corrected chi connectivity index (χ4v) is 6.80. The number of carbonyl (C=O) groups is 4. The maximum absolute atomic E-state index is 13.6. The summed E-state index contributed by atoms with van der Waals surface area (Å²) in [5.41, 5.74) is 4.55. The first kappa shape index (κ1) is 25.0. The standard InChI is InChI=1S/C32H30N2O5/c1-18-11-12-23(13-19(18)2)33-27(35)17-39-32(38)21-9-6-10-24(14-21)34-30(36)28-22-15-25(20-7-4-3-5-8-20)26(16-22)29(28)31(34)37/h3-14,22,25-26,28-29H,15-17H2,1-2H3,(H,33,35)/t22-,25+,26+,28+,29+/m0/s1. The van der Waals surface area contributed by atoms with E-state index in [1.54, 1.807) is 24.3 Å². The van der Waals surface area contributed by atoms with Gasteiger partial charge in [0.15, 0.2) is 6.61 Å². The van der Waals surface area contributed by atoms with Crippen molar-refractivity contribution in [3.8, 4) is 0 Å². The van der Waals surface area contributed by atoms with Crippen molar-refractivity contribution in [1.82, 2.24) is 0 Å². The van der Waals surface area contributed by atoms with E-state index >= 15 is 0 Å². The summed E-state index contributed by atoms with van der Waals surface area (Å²) in [4.78, 5) is 53.4. The second kappa shape index (κ2) is 9.80. The quantitative estimate of drug-likeness (QED) is 0.362. The van der Waals surface area contributed by atoms with E-state index in [4.69, 9.17) is 4.74 Å². The molecule has 6 rings (SSSR count). The topological polar surface area (TPSA) is 92.8 Å². The lowest BCUT2D eigenvalue weighted by molar-refractivity contribution is -0.123. The van der Waals surface area contributed by atoms with E-state index in [-0.39, 0.29) is 47.0 Å². The zero-order valence-corrected chi connectivity index (χ0v) is 21.9. The highest BCUT2D eigenvalue weighted by Crippen LogP contribution is 2.61. The van der Waals surface area contributed by atoms with Crippen molar-refractivity contribution in [3.63, 3.8) is 0 Å². The molecule has 1 heterocycles. The number of nitrogens with one attached hydrogen (secondary N) is 1. The lowest BCUT2D eigenvalue weighted by Gasteiger charge is -2.28. The highest BCUT2D eigenvalue weighted by atomic mass is 16.5. The summed E-state index contributed by atoms with van der Waals surface area (Å²) in [6.45, 7) is 3.48. The monoisotopic (exact) mass is 522 g/mol. The van der Waals surface area contributed by atoms with Crippen molar-refractivity contribution >= 4 is 35.1 Å². The van der Waals surface area contributed by atoms with Gasteiger partial charge in [0.2, 0.25) is 11.8 Å². The maximum Gasteiger partial charge on any atom is 0.338 e. The van der Waals surface area contributed by atoms with E-state index in [0.29, 0.717) is 11.4 Å². The van der Waals surface area contributed by atoms with Crippen LogP contribution >= 0.6 is 0 Å². The summed E-state index contributed by atoms with van der Waals surface area (Å²) in [6, 6.07) is 22.1. The Balaban J connectivity index is 1.13. The highest BCUT2D eigenvalue weighted by Gasteiger charge is 2.64. The van der Waals surface area contributed by atoms with Crippen molar-refractivity contribution in [2.75, 3.05) is 16.8 Å². The summed E-state index contributed by atoms with van der Waals surface area (Å²) in [7, 11) is 0. The molecule has 3 aromatic rings. The van der Waals surface area contributed by atoms with Gasteiger partial charge in [-0.25, -0.2) is 4.79 Å². The first-order valence-corrected chi connectivity index (χ1v) is 13.4. The number of benzene rings is 3. The number of hydrogen-bond acceptors (Lipinski definition) is 5. The normalized spacial score (nSPS) is 25.1. The minimum absolute atomic E-state index is 0.146. The van der Waals surface area contributed by atoms with Crippen LogP contribution in [-0.4, -0.2) is 30.3 Å². The fraction of sp³-hybridized carbons (Fsp3) is 0.312. The first-order chi connectivity index (χ1) is 18.8. The number of carbonyl (C=O) groups excluding carboxylic acids is 4. The lowest BCUT2D eigenvalue weighted by atomic mass is 9.73. The molecule has 198 valence electrons. The lowest BCUT2D eigenvalue weighted by Crippen LogP contribution is -2.33. The number of nitrogens with zero attached hydrogens (tertiary/aromatic N) is 1. The Labute approximate surface area is 227 Å². The van der Waals surface area contributed by atoms with Crippen molar-refractivity contribution in [2.45, 2.75) is 32.6 Å². The Morgan fingerprint density at radius 3 is 2.41 bits per heavy atom. The van der Waals surface area contributed by atoms with E-state index in [1.165, 1.54) is 16.5 Å². The predicted octanol–water partition coefficient (Wildman–Crippen LogP) is 5.03. The molecule has 7 nitrogen and oxygen atoms in total. The maximum atomic E-state index is 13.6. The van der Waals surface area contributed by atoms with Crippen LogP contribution in [0.15, 0.2) is 72.8 Å². The van der Waals surface area contributed by atoms with E-state index < -0.39 is 18.5 Å². The van der Waals surface area contributed by atoms with Gasteiger partial charge in [0.05, 0.1) is 23.1 Å². The summed E-state index contributed by atoms with van der Waals surface area (Å²) >= 11 is 0. The Morgan fingerprint density at radius 1 is 0.872 bits per heavy atom. The zero-order valence-electron chi connectivity index (χ0n) is 21.9. The van der Waals surface area contributed by atoms with Crippen LogP contribution in [0.4, 0.5) is 11.4 Å². The van der Waals surface area contributed by atoms with Gasteiger partial charge in [0, 0.05) is 5.69 Å². The van der Waals surface area contributed by atoms with Crippen molar-refractivity contribution in [2.24, 2.45) is 23.7 Å². The number of anilines is 2. The first-order valence-electron chi connectivity index (χ1n) is 13.4. The molecule has 1 aliphatic heterocycles. The van der Waals surface area contributed by atoms with Crippen LogP contribution in [0, 0.1) is 37.5 Å². The molecule has 0 aromatic heterocycles. The number of amides is 3. The molecular formula is C32H30N2O5. The number of esters is 1. The summed E-state index contributed by atoms with van der Waals surface area (Å²) in [6.07, 6.45) is 1.82. The van der Waals surface area contributed by atoms with Gasteiger partial charge in [-0.05, 0) is 91.5 Å². The second-order valence-corrected chi connectivity index (χ2v) is 10.9. The molecule has 3 aliphatic rings. The smallest absolute Gasteiger partial charge is 0.338 e. The van der Waals surface area contributed by atoms with Crippen LogP contribution in [0.2, 0.25) is 0 Å². The van der Waals surface area contributed by atoms with Crippen LogP contribution in [0.1, 0.15) is 45.8 Å². The molecule has 1 saturated heterocycles. The Bertz CT molecular complexity index is 1480. The van der Waals surface area contributed by atoms with Crippen molar-refractivity contribution in [3.05, 3.63) is 95.1 Å². The third-order valence-electron chi connectivity index (χ3n) is 8.71. The third-order valence-corrected chi connectivity index (χ3v) is 8.71. The van der Waals surface area contributed by atoms with Crippen LogP contribution in [0.3, 0.4) is 0 Å². The molecule has 1 N–H and O–H groups in total. The Hall–Kier alpha value is -4.26. The largest absolute Gasteiger partial charge is 0.452 e. The number of rotatable bonds is 6. The van der Waals surface area contributed by atoms with Gasteiger partial charge in [-0.3, -0.25) is 19.3 Å². The minimum Gasteiger partial charge on any atom is -0.452 e. The molecule has 0 radical (unpaired) electrons. The molecule has 0 spiro atoms. The second-order valence-electron chi connectivity index (χ2n) is 10.9. The number of aryl methyl sites for hydroxylation is 2. The van der Waals surface area contributed by atoms with Gasteiger partial charge in [0.1, 0.15) is 0 Å². The average Bonchev–Trinajstić information content (AvgIpc) is 3.61. The van der Waals surface area contributed by atoms with Crippen LogP contribution < -0.4 is 10.2 Å². The number of fused-ring (bicyclic) bond motifs is 5. The van der Waals surface area contributed by atoms with E-state index in [1.807, 2.05) is 44.2 Å². The van der Waals surface area contributed by atoms with Gasteiger partial charge >= 0.3 is 5.97 Å². The third kappa shape index (κ3) is 4.42. The van der Waals surface area contributed by atoms with E-state index in [9.17, 15) is 19.2 Å². The number of ether oxygens (including phenoxy) is 1. The Morgan fingerprint density at radius 2 is 1.64 bits per heavy atom. The fourth-order valence-electron chi connectivity index (χ4n) is 6.80. The van der Waals surface area contributed by atoms with Crippen molar-refractivity contribution in [1.29, 1.82) is 0 Å². The molecule has 3 fully saturated rings. The Kier molecular flexibility index (Phi) is 6.29. The summed E-state index contributed by atoms with van der Waals surface area (Å²) in [5.74, 6) is -1.52. The molecule has 0 unspecified atom stereocenters. The van der Waals surface area contributed by atoms with E-state index in [2.05, 4.69) is 17.4 Å². The van der Waals surface area contributed by atoms with E-state index in [0.717, 1.165) is 24.0 Å². The molecule has 3 aromatic carbocycles. The molecule has 2 aliphatic carbocycles. The zero-order chi connectivity index (χ0) is 27.3. The molecule has 5 atom stereocenters. The van der Waals surface area contributed by atoms with Gasteiger partial charge in [0.25, 0.3) is 5.91 Å². The molecule has 7 heteroatoms. The minimum atomic E-state index is -0.699. The predicted molar refractivity (Wildman–Crippen MR) is 146 cm³/mol. The molecule has 2 bridgehead atoms. The molecule has 3 amide bonds. The van der Waals surface area contributed by atoms with Crippen LogP contribution in [0.25, 0.3) is 0 Å². The number of imide groups is 1. The van der Waals surface area contributed by atoms with Gasteiger partial charge < -0.3 is 10.1 Å². The van der Waals surface area contributed by atoms with Gasteiger partial charge in [-0.2, -0.15) is 0 Å². The SMILES string of the molecule is Cc1ccc(NC(=O)COC(=O)c2cccc(N3C(=O)[C@@H]4[C@@H]5C[C@@H]([C@H]4C3=O)[C@@H](c3ccccc3)C5)c2)cc1C. The average molecular weight is 523 g/mol. The molecule has 39 heavy (non-hydrogen) atoms. The number of hydrogen-bond donors (Lipinski definition) is 1. The van der Waals surface area contributed by atoms with Gasteiger partial charge in [-0.1, -0.05) is 42.5 Å². The molecule has 2 saturated carbocycles. The van der Waals surface area contributed by atoms with Crippen LogP contribution in [0.5, 0.6) is 0 Å². The summed E-state index contributed by atoms with van der Waals surface area (Å²) in [5, 5.41) is 2.72. The van der Waals surface area contributed by atoms with Crippen molar-refractivity contribution < 1.29 is 23.9 Å². The van der Waals surface area contributed by atoms with Gasteiger partial charge in [-0.15, -0.1) is 0 Å². The summed E-state index contributed by atoms with van der Waals surface area (Å²) < 4.78 is 5.23. The highest BCUT2D eigenvalue weighted by molar-refractivity contribution is 6.23. The molecular weight excluding hydrogens is 492 g/mol. The van der Waals surface area contributed by atoms with Crippen LogP contribution in [-0.2, 0) is 19.1 Å².